The van der Waals surface area contributed by atoms with Gasteiger partial charge in [-0.2, -0.15) is 0 Å². The number of hydrogen-bond donors (Lipinski definition) is 1. The zero-order valence-corrected chi connectivity index (χ0v) is 18.8. The number of carbonyl (C=O) groups is 2. The zero-order chi connectivity index (χ0) is 23.1. The molecule has 0 fully saturated rings. The second kappa shape index (κ2) is 10.8. The van der Waals surface area contributed by atoms with Crippen molar-refractivity contribution in [3.63, 3.8) is 0 Å². The highest BCUT2D eigenvalue weighted by atomic mass is 16.5. The fourth-order valence-corrected chi connectivity index (χ4v) is 3.78. The van der Waals surface area contributed by atoms with Gasteiger partial charge >= 0.3 is 0 Å². The van der Waals surface area contributed by atoms with Gasteiger partial charge in [-0.3, -0.25) is 9.59 Å². The standard InChI is InChI=1S/C26H30N2O4/c1-4-32-21-14-12-20(13-15-21)24-23(22(29)16-11-19-9-6-5-7-10-19)25(30)26(31)28(24)18-8-17-27(2)3/h5-7,9-16,24,30H,4,8,17-18H2,1-3H3/b16-11+. The van der Waals surface area contributed by atoms with E-state index in [0.29, 0.717) is 18.9 Å². The van der Waals surface area contributed by atoms with Crippen LogP contribution in [0.2, 0.25) is 0 Å². The average Bonchev–Trinajstić information content (AvgIpc) is 3.04. The first-order valence-corrected chi connectivity index (χ1v) is 10.8. The van der Waals surface area contributed by atoms with Crippen LogP contribution in [-0.2, 0) is 9.59 Å². The number of amides is 1. The number of hydrogen-bond acceptors (Lipinski definition) is 5. The number of allylic oxidation sites excluding steroid dienone is 1. The molecule has 6 heteroatoms. The maximum absolute atomic E-state index is 13.1. The Labute approximate surface area is 189 Å². The highest BCUT2D eigenvalue weighted by molar-refractivity contribution is 6.14. The second-order valence-corrected chi connectivity index (χ2v) is 7.93. The van der Waals surface area contributed by atoms with Crippen molar-refractivity contribution in [2.45, 2.75) is 19.4 Å². The molecule has 0 spiro atoms. The summed E-state index contributed by atoms with van der Waals surface area (Å²) in [5, 5.41) is 10.7. The minimum absolute atomic E-state index is 0.108. The van der Waals surface area contributed by atoms with E-state index in [2.05, 4.69) is 0 Å². The molecule has 1 N–H and O–H groups in total. The second-order valence-electron chi connectivity index (χ2n) is 7.93. The smallest absolute Gasteiger partial charge is 0.290 e. The molecular formula is C26H30N2O4. The molecule has 3 rings (SSSR count). The zero-order valence-electron chi connectivity index (χ0n) is 18.8. The number of aliphatic hydroxyl groups excluding tert-OH is 1. The molecule has 0 aromatic heterocycles. The van der Waals surface area contributed by atoms with E-state index in [-0.39, 0.29) is 11.4 Å². The van der Waals surface area contributed by atoms with Gasteiger partial charge in [0, 0.05) is 6.54 Å². The number of ether oxygens (including phenoxy) is 1. The number of benzene rings is 2. The van der Waals surface area contributed by atoms with Gasteiger partial charge in [-0.05, 0) is 63.3 Å². The lowest BCUT2D eigenvalue weighted by atomic mass is 9.95. The monoisotopic (exact) mass is 434 g/mol. The molecule has 0 radical (unpaired) electrons. The van der Waals surface area contributed by atoms with E-state index in [4.69, 9.17) is 4.74 Å². The lowest BCUT2D eigenvalue weighted by Gasteiger charge is -2.27. The van der Waals surface area contributed by atoms with Crippen molar-refractivity contribution >= 4 is 17.8 Å². The molecule has 168 valence electrons. The largest absolute Gasteiger partial charge is 0.503 e. The van der Waals surface area contributed by atoms with Gasteiger partial charge in [0.05, 0.1) is 18.2 Å². The summed E-state index contributed by atoms with van der Waals surface area (Å²) in [6.07, 6.45) is 3.83. The Morgan fingerprint density at radius 3 is 2.44 bits per heavy atom. The predicted molar refractivity (Wildman–Crippen MR) is 125 cm³/mol. The van der Waals surface area contributed by atoms with Crippen molar-refractivity contribution in [1.29, 1.82) is 0 Å². The van der Waals surface area contributed by atoms with Crippen molar-refractivity contribution in [3.05, 3.63) is 83.1 Å². The fourth-order valence-electron chi connectivity index (χ4n) is 3.78. The van der Waals surface area contributed by atoms with E-state index < -0.39 is 17.7 Å². The molecule has 1 unspecified atom stereocenters. The summed E-state index contributed by atoms with van der Waals surface area (Å²) in [4.78, 5) is 29.7. The lowest BCUT2D eigenvalue weighted by Crippen LogP contribution is -2.33. The van der Waals surface area contributed by atoms with Crippen LogP contribution in [0.5, 0.6) is 5.75 Å². The molecule has 2 aromatic carbocycles. The highest BCUT2D eigenvalue weighted by Crippen LogP contribution is 2.38. The van der Waals surface area contributed by atoms with Gasteiger partial charge in [-0.15, -0.1) is 0 Å². The lowest BCUT2D eigenvalue weighted by molar-refractivity contribution is -0.129. The Balaban J connectivity index is 1.93. The third kappa shape index (κ3) is 5.45. The van der Waals surface area contributed by atoms with E-state index in [1.807, 2.05) is 80.5 Å². The van der Waals surface area contributed by atoms with Crippen molar-refractivity contribution < 1.29 is 19.4 Å². The summed E-state index contributed by atoms with van der Waals surface area (Å²) in [6.45, 7) is 3.68. The van der Waals surface area contributed by atoms with E-state index >= 15 is 0 Å². The van der Waals surface area contributed by atoms with Gasteiger partial charge < -0.3 is 19.6 Å². The topological polar surface area (TPSA) is 70.1 Å². The van der Waals surface area contributed by atoms with E-state index in [1.54, 1.807) is 11.0 Å². The Morgan fingerprint density at radius 2 is 1.81 bits per heavy atom. The maximum atomic E-state index is 13.1. The number of ketones is 1. The predicted octanol–water partition coefficient (Wildman–Crippen LogP) is 4.01. The normalized spacial score (nSPS) is 16.4. The molecule has 0 bridgehead atoms. The van der Waals surface area contributed by atoms with E-state index in [9.17, 15) is 14.7 Å². The molecule has 0 saturated heterocycles. The van der Waals surface area contributed by atoms with Crippen molar-refractivity contribution in [2.75, 3.05) is 33.8 Å². The van der Waals surface area contributed by atoms with E-state index in [0.717, 1.165) is 24.1 Å². The molecular weight excluding hydrogens is 404 g/mol. The van der Waals surface area contributed by atoms with Gasteiger partial charge in [0.2, 0.25) is 0 Å². The van der Waals surface area contributed by atoms with Crippen molar-refractivity contribution in [1.82, 2.24) is 9.80 Å². The maximum Gasteiger partial charge on any atom is 0.290 e. The molecule has 1 amide bonds. The number of carbonyl (C=O) groups excluding carboxylic acids is 2. The first-order chi connectivity index (χ1) is 15.4. The molecule has 1 aliphatic heterocycles. The third-order valence-electron chi connectivity index (χ3n) is 5.31. The molecule has 0 aliphatic carbocycles. The quantitative estimate of drug-likeness (QED) is 0.572. The Bertz CT molecular complexity index is 994. The average molecular weight is 435 g/mol. The number of aliphatic hydroxyl groups is 1. The Kier molecular flexibility index (Phi) is 7.84. The fraction of sp³-hybridized carbons (Fsp3) is 0.308. The number of nitrogens with zero attached hydrogens (tertiary/aromatic N) is 2. The molecule has 32 heavy (non-hydrogen) atoms. The van der Waals surface area contributed by atoms with Crippen LogP contribution in [-0.4, -0.2) is 60.4 Å². The minimum Gasteiger partial charge on any atom is -0.503 e. The van der Waals surface area contributed by atoms with Crippen LogP contribution in [0.25, 0.3) is 6.08 Å². The van der Waals surface area contributed by atoms with Gasteiger partial charge in [-0.25, -0.2) is 0 Å². The van der Waals surface area contributed by atoms with Crippen LogP contribution in [0.3, 0.4) is 0 Å². The van der Waals surface area contributed by atoms with Crippen molar-refractivity contribution in [2.24, 2.45) is 0 Å². The van der Waals surface area contributed by atoms with Crippen LogP contribution in [0.15, 0.2) is 72.0 Å². The minimum atomic E-state index is -0.645. The van der Waals surface area contributed by atoms with Crippen LogP contribution >= 0.6 is 0 Å². The SMILES string of the molecule is CCOc1ccc(C2C(C(=O)/C=C/c3ccccc3)=C(O)C(=O)N2CCCN(C)C)cc1. The van der Waals surface area contributed by atoms with Gasteiger partial charge in [-0.1, -0.05) is 48.5 Å². The van der Waals surface area contributed by atoms with Gasteiger partial charge in [0.1, 0.15) is 5.75 Å². The molecule has 1 atom stereocenters. The van der Waals surface area contributed by atoms with Crippen LogP contribution < -0.4 is 4.74 Å². The van der Waals surface area contributed by atoms with Crippen LogP contribution in [0.1, 0.15) is 30.5 Å². The first kappa shape index (κ1) is 23.3. The summed E-state index contributed by atoms with van der Waals surface area (Å²) in [6, 6.07) is 16.1. The summed E-state index contributed by atoms with van der Waals surface area (Å²) < 4.78 is 5.52. The molecule has 1 heterocycles. The summed E-state index contributed by atoms with van der Waals surface area (Å²) in [5.41, 5.74) is 1.73. The summed E-state index contributed by atoms with van der Waals surface area (Å²) >= 11 is 0. The van der Waals surface area contributed by atoms with Crippen LogP contribution in [0.4, 0.5) is 0 Å². The molecule has 6 nitrogen and oxygen atoms in total. The van der Waals surface area contributed by atoms with Gasteiger partial charge in [0.25, 0.3) is 5.91 Å². The highest BCUT2D eigenvalue weighted by Gasteiger charge is 2.42. The molecule has 0 saturated carbocycles. The molecule has 2 aromatic rings. The number of rotatable bonds is 10. The first-order valence-electron chi connectivity index (χ1n) is 10.8. The van der Waals surface area contributed by atoms with Crippen LogP contribution in [0, 0.1) is 0 Å². The van der Waals surface area contributed by atoms with Gasteiger partial charge in [0.15, 0.2) is 11.5 Å². The Morgan fingerprint density at radius 1 is 1.12 bits per heavy atom. The third-order valence-corrected chi connectivity index (χ3v) is 5.31. The molecule has 1 aliphatic rings. The Hall–Kier alpha value is -3.38. The summed E-state index contributed by atoms with van der Waals surface area (Å²) in [7, 11) is 3.93. The van der Waals surface area contributed by atoms with E-state index in [1.165, 1.54) is 6.08 Å². The summed E-state index contributed by atoms with van der Waals surface area (Å²) in [5.74, 6) is -0.658. The van der Waals surface area contributed by atoms with Crippen molar-refractivity contribution in [3.8, 4) is 5.75 Å².